The first-order valence-electron chi connectivity index (χ1n) is 5.23. The Bertz CT molecular complexity index is 632. The number of thiazole rings is 1. The van der Waals surface area contributed by atoms with E-state index in [1.54, 1.807) is 16.0 Å². The number of amides is 1. The standard InChI is InChI=1S/C11H12N4O2S/c1-7-3-2-4-9(16)15(7)5-8-6-18-11(13-8)10(17)14-12/h2-4,6H,5,12H2,1H3,(H,14,17). The van der Waals surface area contributed by atoms with Crippen molar-refractivity contribution in [1.82, 2.24) is 15.0 Å². The zero-order chi connectivity index (χ0) is 13.1. The molecule has 0 aliphatic rings. The maximum atomic E-state index is 11.7. The lowest BCUT2D eigenvalue weighted by molar-refractivity contribution is 0.0953. The first-order chi connectivity index (χ1) is 8.61. The van der Waals surface area contributed by atoms with E-state index >= 15 is 0 Å². The highest BCUT2D eigenvalue weighted by atomic mass is 32.1. The summed E-state index contributed by atoms with van der Waals surface area (Å²) in [5.41, 5.74) is 3.44. The van der Waals surface area contributed by atoms with Crippen molar-refractivity contribution in [3.63, 3.8) is 0 Å². The smallest absolute Gasteiger partial charge is 0.294 e. The van der Waals surface area contributed by atoms with Crippen LogP contribution in [-0.4, -0.2) is 15.5 Å². The van der Waals surface area contributed by atoms with Crippen molar-refractivity contribution in [3.05, 3.63) is 50.3 Å². The molecule has 0 aliphatic heterocycles. The van der Waals surface area contributed by atoms with Gasteiger partial charge in [0.05, 0.1) is 12.2 Å². The fourth-order valence-corrected chi connectivity index (χ4v) is 2.24. The van der Waals surface area contributed by atoms with Crippen LogP contribution in [0.15, 0.2) is 28.4 Å². The van der Waals surface area contributed by atoms with E-state index in [2.05, 4.69) is 4.98 Å². The molecule has 6 nitrogen and oxygen atoms in total. The average Bonchev–Trinajstić information content (AvgIpc) is 2.81. The molecule has 2 heterocycles. The van der Waals surface area contributed by atoms with Crippen molar-refractivity contribution < 1.29 is 4.79 Å². The third-order valence-electron chi connectivity index (χ3n) is 2.47. The van der Waals surface area contributed by atoms with Crippen LogP contribution in [-0.2, 0) is 6.54 Å². The van der Waals surface area contributed by atoms with Gasteiger partial charge in [0.2, 0.25) is 0 Å². The Morgan fingerprint density at radius 3 is 3.00 bits per heavy atom. The largest absolute Gasteiger partial charge is 0.307 e. The zero-order valence-electron chi connectivity index (χ0n) is 9.71. The maximum absolute atomic E-state index is 11.7. The molecule has 1 amide bonds. The molecular weight excluding hydrogens is 252 g/mol. The number of carbonyl (C=O) groups excluding carboxylic acids is 1. The number of carbonyl (C=O) groups is 1. The van der Waals surface area contributed by atoms with Gasteiger partial charge in [0.1, 0.15) is 0 Å². The number of aryl methyl sites for hydroxylation is 1. The Kier molecular flexibility index (Phi) is 3.54. The van der Waals surface area contributed by atoms with Crippen molar-refractivity contribution in [2.45, 2.75) is 13.5 Å². The molecule has 0 unspecified atom stereocenters. The first kappa shape index (κ1) is 12.5. The second-order valence-corrected chi connectivity index (χ2v) is 4.57. The fourth-order valence-electron chi connectivity index (χ4n) is 1.53. The average molecular weight is 264 g/mol. The van der Waals surface area contributed by atoms with Gasteiger partial charge in [-0.05, 0) is 13.0 Å². The van der Waals surface area contributed by atoms with Crippen LogP contribution in [0, 0.1) is 6.92 Å². The van der Waals surface area contributed by atoms with Gasteiger partial charge in [-0.1, -0.05) is 6.07 Å². The summed E-state index contributed by atoms with van der Waals surface area (Å²) in [5, 5.41) is 2.03. The molecule has 0 fully saturated rings. The van der Waals surface area contributed by atoms with Crippen LogP contribution in [0.2, 0.25) is 0 Å². The van der Waals surface area contributed by atoms with Crippen molar-refractivity contribution in [2.75, 3.05) is 0 Å². The van der Waals surface area contributed by atoms with Crippen LogP contribution in [0.1, 0.15) is 21.2 Å². The van der Waals surface area contributed by atoms with Crippen molar-refractivity contribution in [1.29, 1.82) is 0 Å². The Balaban J connectivity index is 2.27. The minimum Gasteiger partial charge on any atom is -0.307 e. The molecule has 0 saturated heterocycles. The summed E-state index contributed by atoms with van der Waals surface area (Å²) < 4.78 is 1.60. The van der Waals surface area contributed by atoms with E-state index in [9.17, 15) is 9.59 Å². The van der Waals surface area contributed by atoms with Crippen molar-refractivity contribution in [3.8, 4) is 0 Å². The fraction of sp³-hybridized carbons (Fsp3) is 0.182. The molecule has 0 aromatic carbocycles. The summed E-state index contributed by atoms with van der Waals surface area (Å²) in [5.74, 6) is 4.60. The van der Waals surface area contributed by atoms with Crippen LogP contribution < -0.4 is 16.8 Å². The number of hydrogen-bond acceptors (Lipinski definition) is 5. The molecule has 0 spiro atoms. The lowest BCUT2D eigenvalue weighted by Gasteiger charge is -2.06. The molecule has 2 aromatic rings. The number of nitrogens with two attached hydrogens (primary N) is 1. The second-order valence-electron chi connectivity index (χ2n) is 3.71. The molecular formula is C11H12N4O2S. The maximum Gasteiger partial charge on any atom is 0.294 e. The van der Waals surface area contributed by atoms with Gasteiger partial charge < -0.3 is 4.57 Å². The summed E-state index contributed by atoms with van der Waals surface area (Å²) >= 11 is 1.19. The van der Waals surface area contributed by atoms with E-state index in [0.29, 0.717) is 12.2 Å². The molecule has 0 saturated carbocycles. The van der Waals surface area contributed by atoms with Crippen LogP contribution in [0.25, 0.3) is 0 Å². The van der Waals surface area contributed by atoms with Gasteiger partial charge in [-0.2, -0.15) is 0 Å². The molecule has 0 bridgehead atoms. The first-order valence-corrected chi connectivity index (χ1v) is 6.11. The number of aromatic nitrogens is 2. The topological polar surface area (TPSA) is 90.0 Å². The Labute approximate surface area is 107 Å². The predicted molar refractivity (Wildman–Crippen MR) is 68.3 cm³/mol. The van der Waals surface area contributed by atoms with Gasteiger partial charge in [-0.25, -0.2) is 10.8 Å². The normalized spacial score (nSPS) is 10.3. The Morgan fingerprint density at radius 2 is 2.33 bits per heavy atom. The lowest BCUT2D eigenvalue weighted by atomic mass is 10.3. The number of nitrogen functional groups attached to an aromatic ring is 1. The van der Waals surface area contributed by atoms with Crippen molar-refractivity contribution >= 4 is 17.2 Å². The van der Waals surface area contributed by atoms with E-state index in [0.717, 1.165) is 5.69 Å². The second kappa shape index (κ2) is 5.11. The molecule has 0 atom stereocenters. The SMILES string of the molecule is Cc1cccc(=O)n1Cc1csc(C(=O)NN)n1. The van der Waals surface area contributed by atoms with Crippen LogP contribution in [0.3, 0.4) is 0 Å². The number of nitrogens with one attached hydrogen (secondary N) is 1. The zero-order valence-corrected chi connectivity index (χ0v) is 10.5. The van der Waals surface area contributed by atoms with Crippen LogP contribution in [0.4, 0.5) is 0 Å². The van der Waals surface area contributed by atoms with Crippen LogP contribution in [0.5, 0.6) is 0 Å². The summed E-state index contributed by atoms with van der Waals surface area (Å²) in [6.45, 7) is 2.20. The quantitative estimate of drug-likeness (QED) is 0.473. The molecule has 3 N–H and O–H groups in total. The third kappa shape index (κ3) is 2.47. The summed E-state index contributed by atoms with van der Waals surface area (Å²) in [4.78, 5) is 27.1. The molecule has 0 aliphatic carbocycles. The van der Waals surface area contributed by atoms with Gasteiger partial charge in [0.15, 0.2) is 5.01 Å². The minimum atomic E-state index is -0.427. The van der Waals surface area contributed by atoms with E-state index < -0.39 is 5.91 Å². The summed E-state index contributed by atoms with van der Waals surface area (Å²) in [6.07, 6.45) is 0. The monoisotopic (exact) mass is 264 g/mol. The number of hydrazine groups is 1. The summed E-state index contributed by atoms with van der Waals surface area (Å²) in [6, 6.07) is 5.05. The van der Waals surface area contributed by atoms with Gasteiger partial charge in [0, 0.05) is 17.1 Å². The van der Waals surface area contributed by atoms with E-state index in [1.807, 2.05) is 18.4 Å². The molecule has 7 heteroatoms. The van der Waals surface area contributed by atoms with Gasteiger partial charge >= 0.3 is 0 Å². The van der Waals surface area contributed by atoms with Crippen LogP contribution >= 0.6 is 11.3 Å². The van der Waals surface area contributed by atoms with Gasteiger partial charge in [0.25, 0.3) is 11.5 Å². The van der Waals surface area contributed by atoms with E-state index in [1.165, 1.54) is 17.4 Å². The number of pyridine rings is 1. The molecule has 2 rings (SSSR count). The summed E-state index contributed by atoms with van der Waals surface area (Å²) in [7, 11) is 0. The minimum absolute atomic E-state index is 0.0900. The highest BCUT2D eigenvalue weighted by Crippen LogP contribution is 2.10. The predicted octanol–water partition coefficient (Wildman–Crippen LogP) is 0.265. The molecule has 94 valence electrons. The number of rotatable bonds is 3. The van der Waals surface area contributed by atoms with E-state index in [4.69, 9.17) is 5.84 Å². The Hall–Kier alpha value is -1.99. The molecule has 18 heavy (non-hydrogen) atoms. The highest BCUT2D eigenvalue weighted by molar-refractivity contribution is 7.11. The number of hydrogen-bond donors (Lipinski definition) is 2. The van der Waals surface area contributed by atoms with Gasteiger partial charge in [-0.15, -0.1) is 11.3 Å². The van der Waals surface area contributed by atoms with Crippen molar-refractivity contribution in [2.24, 2.45) is 5.84 Å². The lowest BCUT2D eigenvalue weighted by Crippen LogP contribution is -2.30. The third-order valence-corrected chi connectivity index (χ3v) is 3.36. The highest BCUT2D eigenvalue weighted by Gasteiger charge is 2.10. The van der Waals surface area contributed by atoms with E-state index in [-0.39, 0.29) is 10.6 Å². The molecule has 0 radical (unpaired) electrons. The van der Waals surface area contributed by atoms with Gasteiger partial charge in [-0.3, -0.25) is 15.0 Å². The number of nitrogens with zero attached hydrogens (tertiary/aromatic N) is 2. The Morgan fingerprint density at radius 1 is 1.56 bits per heavy atom. The molecule has 2 aromatic heterocycles.